The highest BCUT2D eigenvalue weighted by Gasteiger charge is 2.10. The van der Waals surface area contributed by atoms with E-state index in [1.165, 1.54) is 25.9 Å². The van der Waals surface area contributed by atoms with Crippen LogP contribution in [0.5, 0.6) is 0 Å². The highest BCUT2D eigenvalue weighted by atomic mass is 16.1. The van der Waals surface area contributed by atoms with Crippen LogP contribution in [0, 0.1) is 0 Å². The maximum atomic E-state index is 11.2. The lowest BCUT2D eigenvalue weighted by Gasteiger charge is -2.14. The summed E-state index contributed by atoms with van der Waals surface area (Å²) in [5.41, 5.74) is 0. The highest BCUT2D eigenvalue weighted by Crippen LogP contribution is 2.06. The molecule has 2 N–H and O–H groups in total. The summed E-state index contributed by atoms with van der Waals surface area (Å²) in [4.78, 5) is 13.7. The molecule has 4 heteroatoms. The number of carbonyl (C=O) groups is 1. The average Bonchev–Trinajstić information content (AvgIpc) is 2.74. The number of rotatable bonds is 7. The van der Waals surface area contributed by atoms with Crippen LogP contribution in [-0.4, -0.2) is 50.1 Å². The van der Waals surface area contributed by atoms with Gasteiger partial charge >= 0.3 is 0 Å². The van der Waals surface area contributed by atoms with Crippen molar-refractivity contribution in [3.63, 3.8) is 0 Å². The van der Waals surface area contributed by atoms with Crippen molar-refractivity contribution in [1.29, 1.82) is 0 Å². The number of nitrogens with one attached hydrogen (secondary N) is 2. The van der Waals surface area contributed by atoms with Crippen LogP contribution in [-0.2, 0) is 4.79 Å². The highest BCUT2D eigenvalue weighted by molar-refractivity contribution is 5.77. The summed E-state index contributed by atoms with van der Waals surface area (Å²) in [5.74, 6) is 0.110. The van der Waals surface area contributed by atoms with Gasteiger partial charge in [0.05, 0.1) is 6.54 Å². The van der Waals surface area contributed by atoms with E-state index < -0.39 is 0 Å². The molecule has 0 aromatic rings. The molecule has 1 heterocycles. The molecule has 1 fully saturated rings. The summed E-state index contributed by atoms with van der Waals surface area (Å²) in [7, 11) is 0. The Morgan fingerprint density at radius 3 is 2.73 bits per heavy atom. The first-order valence-corrected chi connectivity index (χ1v) is 6.02. The van der Waals surface area contributed by atoms with Gasteiger partial charge in [-0.2, -0.15) is 0 Å². The Kier molecular flexibility index (Phi) is 6.36. The first kappa shape index (κ1) is 12.5. The Balaban J connectivity index is 1.89. The van der Waals surface area contributed by atoms with Crippen molar-refractivity contribution < 1.29 is 4.79 Å². The van der Waals surface area contributed by atoms with Crippen LogP contribution in [0.3, 0.4) is 0 Å². The van der Waals surface area contributed by atoms with Crippen molar-refractivity contribution in [3.8, 4) is 0 Å². The van der Waals surface area contributed by atoms with Crippen molar-refractivity contribution in [3.05, 3.63) is 0 Å². The lowest BCUT2D eigenvalue weighted by molar-refractivity contribution is -0.120. The zero-order valence-electron chi connectivity index (χ0n) is 9.72. The third-order valence-corrected chi connectivity index (χ3v) is 2.71. The van der Waals surface area contributed by atoms with E-state index in [0.717, 1.165) is 26.1 Å². The second-order valence-corrected chi connectivity index (χ2v) is 4.03. The molecule has 0 saturated carbocycles. The SMILES string of the molecule is CCNCC(=O)NCCCN1CCCC1. The fraction of sp³-hybridized carbons (Fsp3) is 0.909. The first-order chi connectivity index (χ1) is 7.33. The minimum atomic E-state index is 0.110. The largest absolute Gasteiger partial charge is 0.355 e. The molecule has 88 valence electrons. The Labute approximate surface area is 92.4 Å². The van der Waals surface area contributed by atoms with Gasteiger partial charge in [0, 0.05) is 6.54 Å². The summed E-state index contributed by atoms with van der Waals surface area (Å²) in [6.07, 6.45) is 3.75. The zero-order valence-corrected chi connectivity index (χ0v) is 9.72. The van der Waals surface area contributed by atoms with Crippen molar-refractivity contribution in [1.82, 2.24) is 15.5 Å². The van der Waals surface area contributed by atoms with Crippen LogP contribution in [0.2, 0.25) is 0 Å². The fourth-order valence-electron chi connectivity index (χ4n) is 1.84. The zero-order chi connectivity index (χ0) is 10.9. The van der Waals surface area contributed by atoms with Crippen LogP contribution in [0.1, 0.15) is 26.2 Å². The summed E-state index contributed by atoms with van der Waals surface area (Å²) in [6.45, 7) is 7.71. The van der Waals surface area contributed by atoms with E-state index in [1.807, 2.05) is 6.92 Å². The van der Waals surface area contributed by atoms with Gasteiger partial charge in [0.25, 0.3) is 0 Å². The van der Waals surface area contributed by atoms with E-state index >= 15 is 0 Å². The molecule has 0 aromatic heterocycles. The Hall–Kier alpha value is -0.610. The van der Waals surface area contributed by atoms with Crippen molar-refractivity contribution >= 4 is 5.91 Å². The molecule has 0 radical (unpaired) electrons. The second-order valence-electron chi connectivity index (χ2n) is 4.03. The predicted octanol–water partition coefficient (Wildman–Crippen LogP) is 0.198. The van der Waals surface area contributed by atoms with E-state index in [4.69, 9.17) is 0 Å². The molecular weight excluding hydrogens is 190 g/mol. The van der Waals surface area contributed by atoms with Crippen LogP contribution >= 0.6 is 0 Å². The van der Waals surface area contributed by atoms with Gasteiger partial charge in [-0.25, -0.2) is 0 Å². The topological polar surface area (TPSA) is 44.4 Å². The second kappa shape index (κ2) is 7.65. The lowest BCUT2D eigenvalue weighted by Crippen LogP contribution is -2.35. The van der Waals surface area contributed by atoms with Crippen LogP contribution in [0.25, 0.3) is 0 Å². The van der Waals surface area contributed by atoms with Gasteiger partial charge < -0.3 is 15.5 Å². The number of nitrogens with zero attached hydrogens (tertiary/aromatic N) is 1. The standard InChI is InChI=1S/C11H23N3O/c1-2-12-10-11(15)13-6-5-9-14-7-3-4-8-14/h12H,2-10H2,1H3,(H,13,15). The van der Waals surface area contributed by atoms with Crippen LogP contribution in [0.15, 0.2) is 0 Å². The maximum Gasteiger partial charge on any atom is 0.233 e. The van der Waals surface area contributed by atoms with Gasteiger partial charge in [0.2, 0.25) is 5.91 Å². The maximum absolute atomic E-state index is 11.2. The Morgan fingerprint density at radius 1 is 1.33 bits per heavy atom. The van der Waals surface area contributed by atoms with Gasteiger partial charge in [0.1, 0.15) is 0 Å². The molecule has 15 heavy (non-hydrogen) atoms. The third kappa shape index (κ3) is 5.74. The van der Waals surface area contributed by atoms with Crippen LogP contribution in [0.4, 0.5) is 0 Å². The number of hydrogen-bond acceptors (Lipinski definition) is 3. The number of hydrogen-bond donors (Lipinski definition) is 2. The summed E-state index contributed by atoms with van der Waals surface area (Å²) < 4.78 is 0. The minimum absolute atomic E-state index is 0.110. The monoisotopic (exact) mass is 213 g/mol. The van der Waals surface area contributed by atoms with Gasteiger partial charge in [0.15, 0.2) is 0 Å². The molecule has 1 saturated heterocycles. The number of amides is 1. The molecule has 4 nitrogen and oxygen atoms in total. The molecule has 0 aromatic carbocycles. The molecule has 0 bridgehead atoms. The van der Waals surface area contributed by atoms with Gasteiger partial charge in [-0.05, 0) is 45.4 Å². The molecule has 0 spiro atoms. The first-order valence-electron chi connectivity index (χ1n) is 6.02. The summed E-state index contributed by atoms with van der Waals surface area (Å²) in [5, 5.41) is 5.92. The van der Waals surface area contributed by atoms with E-state index in [2.05, 4.69) is 15.5 Å². The van der Waals surface area contributed by atoms with E-state index in [1.54, 1.807) is 0 Å². The smallest absolute Gasteiger partial charge is 0.233 e. The molecule has 0 unspecified atom stereocenters. The lowest BCUT2D eigenvalue weighted by atomic mass is 10.4. The van der Waals surface area contributed by atoms with Gasteiger partial charge in [-0.15, -0.1) is 0 Å². The van der Waals surface area contributed by atoms with E-state index in [9.17, 15) is 4.79 Å². The molecule has 1 aliphatic rings. The van der Waals surface area contributed by atoms with Crippen molar-refractivity contribution in [2.24, 2.45) is 0 Å². The summed E-state index contributed by atoms with van der Waals surface area (Å²) >= 11 is 0. The summed E-state index contributed by atoms with van der Waals surface area (Å²) in [6, 6.07) is 0. The molecular formula is C11H23N3O. The van der Waals surface area contributed by atoms with Crippen LogP contribution < -0.4 is 10.6 Å². The average molecular weight is 213 g/mol. The third-order valence-electron chi connectivity index (χ3n) is 2.71. The van der Waals surface area contributed by atoms with Gasteiger partial charge in [-0.3, -0.25) is 4.79 Å². The molecule has 1 amide bonds. The Morgan fingerprint density at radius 2 is 2.07 bits per heavy atom. The molecule has 1 rings (SSSR count). The van der Waals surface area contributed by atoms with Crippen molar-refractivity contribution in [2.45, 2.75) is 26.2 Å². The quantitative estimate of drug-likeness (QED) is 0.594. The predicted molar refractivity (Wildman–Crippen MR) is 61.8 cm³/mol. The fourth-order valence-corrected chi connectivity index (χ4v) is 1.84. The van der Waals surface area contributed by atoms with Gasteiger partial charge in [-0.1, -0.05) is 6.92 Å². The number of carbonyl (C=O) groups excluding carboxylic acids is 1. The number of likely N-dealkylation sites (N-methyl/N-ethyl adjacent to an activating group) is 1. The van der Waals surface area contributed by atoms with E-state index in [0.29, 0.717) is 6.54 Å². The number of likely N-dealkylation sites (tertiary alicyclic amines) is 1. The minimum Gasteiger partial charge on any atom is -0.355 e. The molecule has 1 aliphatic heterocycles. The molecule has 0 aliphatic carbocycles. The van der Waals surface area contributed by atoms with Crippen molar-refractivity contribution in [2.75, 3.05) is 39.3 Å². The normalized spacial score (nSPS) is 16.9. The molecule has 0 atom stereocenters. The van der Waals surface area contributed by atoms with E-state index in [-0.39, 0.29) is 5.91 Å². The Bertz CT molecular complexity index is 179.